The maximum Gasteiger partial charge on any atom is 0.191 e. The first-order chi connectivity index (χ1) is 13.8. The molecule has 1 saturated heterocycles. The molecule has 0 atom stereocenters. The number of pyridine rings is 1. The van der Waals surface area contributed by atoms with Gasteiger partial charge in [0.15, 0.2) is 5.96 Å². The normalized spacial score (nSPS) is 14.3. The predicted molar refractivity (Wildman–Crippen MR) is 131 cm³/mol. The van der Waals surface area contributed by atoms with Crippen LogP contribution >= 0.6 is 35.6 Å². The minimum Gasteiger partial charge on any atom is -0.378 e. The molecule has 1 fully saturated rings. The lowest BCUT2D eigenvalue weighted by Crippen LogP contribution is -2.38. The zero-order valence-corrected chi connectivity index (χ0v) is 19.8. The summed E-state index contributed by atoms with van der Waals surface area (Å²) in [7, 11) is 0. The molecule has 0 radical (unpaired) electrons. The third-order valence-electron chi connectivity index (χ3n) is 4.57. The summed E-state index contributed by atoms with van der Waals surface area (Å²) in [5, 5.41) is 7.50. The van der Waals surface area contributed by atoms with Crippen molar-refractivity contribution in [1.82, 2.24) is 15.6 Å². The first-order valence-electron chi connectivity index (χ1n) is 9.80. The van der Waals surface area contributed by atoms with Gasteiger partial charge in [-0.1, -0.05) is 35.9 Å². The second-order valence-electron chi connectivity index (χ2n) is 6.55. The fraction of sp³-hybridized carbons (Fsp3) is 0.429. The molecule has 0 amide bonds. The van der Waals surface area contributed by atoms with Crippen LogP contribution in [0.1, 0.15) is 18.1 Å². The number of nitrogens with zero attached hydrogens (tertiary/aromatic N) is 3. The fourth-order valence-corrected chi connectivity index (χ4v) is 3.37. The van der Waals surface area contributed by atoms with E-state index in [1.165, 1.54) is 0 Å². The number of anilines is 1. The number of hydrogen-bond acceptors (Lipinski definition) is 4. The van der Waals surface area contributed by atoms with Crippen molar-refractivity contribution in [2.75, 3.05) is 44.3 Å². The van der Waals surface area contributed by atoms with Gasteiger partial charge in [-0.2, -0.15) is 0 Å². The highest BCUT2D eigenvalue weighted by molar-refractivity contribution is 14.0. The second kappa shape index (κ2) is 12.9. The Hall–Kier alpha value is -1.58. The molecular weight excluding hydrogens is 501 g/mol. The largest absolute Gasteiger partial charge is 0.378 e. The molecule has 2 N–H and O–H groups in total. The number of benzene rings is 1. The van der Waals surface area contributed by atoms with Crippen molar-refractivity contribution in [2.24, 2.45) is 4.99 Å². The lowest BCUT2D eigenvalue weighted by atomic mass is 10.1. The van der Waals surface area contributed by atoms with E-state index in [9.17, 15) is 0 Å². The molecule has 1 aliphatic rings. The molecule has 2 aromatic rings. The van der Waals surface area contributed by atoms with Crippen molar-refractivity contribution >= 4 is 47.4 Å². The number of rotatable bonds is 7. The number of halogens is 2. The number of guanidine groups is 1. The Morgan fingerprint density at radius 3 is 2.66 bits per heavy atom. The average molecular weight is 530 g/mol. The van der Waals surface area contributed by atoms with Crippen molar-refractivity contribution < 1.29 is 4.74 Å². The molecule has 1 aliphatic heterocycles. The highest BCUT2D eigenvalue weighted by Crippen LogP contribution is 2.19. The minimum absolute atomic E-state index is 0. The van der Waals surface area contributed by atoms with Gasteiger partial charge in [-0.25, -0.2) is 9.98 Å². The van der Waals surface area contributed by atoms with Gasteiger partial charge in [0.1, 0.15) is 5.82 Å². The van der Waals surface area contributed by atoms with E-state index in [2.05, 4.69) is 39.6 Å². The summed E-state index contributed by atoms with van der Waals surface area (Å²) in [5.74, 6) is 1.80. The molecule has 29 heavy (non-hydrogen) atoms. The highest BCUT2D eigenvalue weighted by Gasteiger charge is 2.15. The van der Waals surface area contributed by atoms with E-state index in [-0.39, 0.29) is 24.0 Å². The molecule has 8 heteroatoms. The van der Waals surface area contributed by atoms with Gasteiger partial charge in [-0.15, -0.1) is 24.0 Å². The Balaban J connectivity index is 0.00000300. The molecule has 6 nitrogen and oxygen atoms in total. The third-order valence-corrected chi connectivity index (χ3v) is 4.94. The zero-order chi connectivity index (χ0) is 19.6. The number of hydrogen-bond donors (Lipinski definition) is 2. The molecular formula is C21H29ClIN5O. The molecule has 2 heterocycles. The van der Waals surface area contributed by atoms with Gasteiger partial charge in [0, 0.05) is 43.0 Å². The molecule has 158 valence electrons. The van der Waals surface area contributed by atoms with Gasteiger partial charge in [0.2, 0.25) is 0 Å². The van der Waals surface area contributed by atoms with Crippen LogP contribution < -0.4 is 15.5 Å². The van der Waals surface area contributed by atoms with E-state index in [0.29, 0.717) is 6.54 Å². The maximum absolute atomic E-state index is 6.24. The van der Waals surface area contributed by atoms with Gasteiger partial charge in [0.25, 0.3) is 0 Å². The van der Waals surface area contributed by atoms with E-state index >= 15 is 0 Å². The van der Waals surface area contributed by atoms with E-state index in [1.807, 2.05) is 30.5 Å². The molecule has 0 spiro atoms. The van der Waals surface area contributed by atoms with Crippen LogP contribution in [-0.4, -0.2) is 50.3 Å². The number of morpholine rings is 1. The maximum atomic E-state index is 6.24. The van der Waals surface area contributed by atoms with E-state index in [0.717, 1.165) is 73.7 Å². The highest BCUT2D eigenvalue weighted by atomic mass is 127. The summed E-state index contributed by atoms with van der Waals surface area (Å²) >= 11 is 6.24. The quantitative estimate of drug-likeness (QED) is 0.327. The van der Waals surface area contributed by atoms with Gasteiger partial charge in [-0.3, -0.25) is 0 Å². The van der Waals surface area contributed by atoms with E-state index < -0.39 is 0 Å². The van der Waals surface area contributed by atoms with Gasteiger partial charge in [0.05, 0.1) is 19.8 Å². The first-order valence-corrected chi connectivity index (χ1v) is 10.2. The Bertz CT molecular complexity index is 783. The van der Waals surface area contributed by atoms with Crippen LogP contribution in [0.25, 0.3) is 0 Å². The summed E-state index contributed by atoms with van der Waals surface area (Å²) < 4.78 is 5.45. The van der Waals surface area contributed by atoms with Crippen LogP contribution in [0.2, 0.25) is 5.02 Å². The number of nitrogens with one attached hydrogen (secondary N) is 2. The third kappa shape index (κ3) is 7.31. The fourth-order valence-electron chi connectivity index (χ4n) is 3.14. The van der Waals surface area contributed by atoms with Crippen molar-refractivity contribution in [1.29, 1.82) is 0 Å². The van der Waals surface area contributed by atoms with Crippen molar-refractivity contribution in [3.05, 3.63) is 58.7 Å². The molecule has 0 aliphatic carbocycles. The molecule has 0 saturated carbocycles. The predicted octanol–water partition coefficient (Wildman–Crippen LogP) is 3.49. The lowest BCUT2D eigenvalue weighted by molar-refractivity contribution is 0.122. The monoisotopic (exact) mass is 529 g/mol. The number of aromatic nitrogens is 1. The Kier molecular flexibility index (Phi) is 10.5. The van der Waals surface area contributed by atoms with E-state index in [4.69, 9.17) is 21.3 Å². The lowest BCUT2D eigenvalue weighted by Gasteiger charge is -2.29. The van der Waals surface area contributed by atoms with E-state index in [1.54, 1.807) is 0 Å². The van der Waals surface area contributed by atoms with Gasteiger partial charge >= 0.3 is 0 Å². The number of aliphatic imine (C=N–C) groups is 1. The molecule has 3 rings (SSSR count). The second-order valence-corrected chi connectivity index (χ2v) is 6.96. The van der Waals surface area contributed by atoms with Crippen LogP contribution in [0.3, 0.4) is 0 Å². The molecule has 0 bridgehead atoms. The number of ether oxygens (including phenoxy) is 1. The van der Waals surface area contributed by atoms with Crippen LogP contribution in [0.15, 0.2) is 47.6 Å². The van der Waals surface area contributed by atoms with Crippen molar-refractivity contribution in [3.8, 4) is 0 Å². The van der Waals surface area contributed by atoms with Crippen LogP contribution in [-0.2, 0) is 17.7 Å². The van der Waals surface area contributed by atoms with Gasteiger partial charge < -0.3 is 20.3 Å². The van der Waals surface area contributed by atoms with Gasteiger partial charge in [-0.05, 0) is 31.0 Å². The van der Waals surface area contributed by atoms with Crippen molar-refractivity contribution in [2.45, 2.75) is 19.9 Å². The van der Waals surface area contributed by atoms with Crippen molar-refractivity contribution in [3.63, 3.8) is 0 Å². The molecule has 1 aromatic heterocycles. The average Bonchev–Trinajstić information content (AvgIpc) is 2.74. The summed E-state index contributed by atoms with van der Waals surface area (Å²) in [6, 6.07) is 12.0. The smallest absolute Gasteiger partial charge is 0.191 e. The summed E-state index contributed by atoms with van der Waals surface area (Å²) in [4.78, 5) is 11.6. The summed E-state index contributed by atoms with van der Waals surface area (Å²) in [6.45, 7) is 7.42. The minimum atomic E-state index is 0. The Morgan fingerprint density at radius 2 is 1.90 bits per heavy atom. The molecule has 1 aromatic carbocycles. The van der Waals surface area contributed by atoms with Crippen LogP contribution in [0.4, 0.5) is 5.82 Å². The summed E-state index contributed by atoms with van der Waals surface area (Å²) in [6.07, 6.45) is 2.68. The van der Waals surface area contributed by atoms with Crippen LogP contribution in [0, 0.1) is 0 Å². The summed E-state index contributed by atoms with van der Waals surface area (Å²) in [5.41, 5.74) is 2.25. The topological polar surface area (TPSA) is 61.8 Å². The first kappa shape index (κ1) is 23.7. The SMILES string of the molecule is CCNC(=NCc1cccnc1N1CCOCC1)NCCc1ccccc1Cl.I. The van der Waals surface area contributed by atoms with Crippen LogP contribution in [0.5, 0.6) is 0 Å². The zero-order valence-electron chi connectivity index (χ0n) is 16.7. The molecule has 0 unspecified atom stereocenters. The Morgan fingerprint density at radius 1 is 1.14 bits per heavy atom. The Labute approximate surface area is 195 Å². The standard InChI is InChI=1S/C21H28ClN5O.HI/c1-2-23-21(25-11-9-17-6-3-4-8-19(17)22)26-16-18-7-5-10-24-20(18)27-12-14-28-15-13-27;/h3-8,10H,2,9,11-16H2,1H3,(H2,23,25,26);1H.